The summed E-state index contributed by atoms with van der Waals surface area (Å²) in [6, 6.07) is 7.02. The van der Waals surface area contributed by atoms with Crippen molar-refractivity contribution in [3.63, 3.8) is 0 Å². The van der Waals surface area contributed by atoms with Crippen LogP contribution in [0.2, 0.25) is 0 Å². The van der Waals surface area contributed by atoms with Crippen LogP contribution in [-0.2, 0) is 4.79 Å². The average molecular weight is 318 g/mol. The number of aromatic nitrogens is 2. The molecule has 1 aliphatic rings. The minimum atomic E-state index is -0.943. The molecular weight excluding hydrogens is 310 g/mol. The second-order valence-electron chi connectivity index (χ2n) is 5.01. The van der Waals surface area contributed by atoms with Gasteiger partial charge in [-0.05, 0) is 29.8 Å². The lowest BCUT2D eigenvalue weighted by atomic mass is 9.85. The largest absolute Gasteiger partial charge is 0.426 e. The van der Waals surface area contributed by atoms with E-state index in [9.17, 15) is 13.6 Å². The number of fused-ring (bicyclic) bond motifs is 3. The number of benzene rings is 2. The van der Waals surface area contributed by atoms with Crippen molar-refractivity contribution in [3.8, 4) is 5.75 Å². The summed E-state index contributed by atoms with van der Waals surface area (Å²) in [6.07, 6.45) is 0.0503. The van der Waals surface area contributed by atoms with E-state index < -0.39 is 23.5 Å². The number of rotatable bonds is 1. The van der Waals surface area contributed by atoms with E-state index in [0.717, 1.165) is 23.9 Å². The topological polar surface area (TPSA) is 52.1 Å². The highest BCUT2D eigenvalue weighted by Gasteiger charge is 2.31. The van der Waals surface area contributed by atoms with Crippen molar-refractivity contribution in [3.05, 3.63) is 53.1 Å². The zero-order valence-electron chi connectivity index (χ0n) is 11.0. The highest BCUT2D eigenvalue weighted by atomic mass is 32.1. The van der Waals surface area contributed by atoms with Gasteiger partial charge in [-0.25, -0.2) is 8.78 Å². The van der Waals surface area contributed by atoms with Gasteiger partial charge in [0.05, 0.1) is 18.1 Å². The summed E-state index contributed by atoms with van der Waals surface area (Å²) < 4.78 is 40.3. The van der Waals surface area contributed by atoms with Gasteiger partial charge in [0.1, 0.15) is 16.8 Å². The Kier molecular flexibility index (Phi) is 2.90. The van der Waals surface area contributed by atoms with Crippen molar-refractivity contribution >= 4 is 28.7 Å². The minimum Gasteiger partial charge on any atom is -0.426 e. The first kappa shape index (κ1) is 13.3. The van der Waals surface area contributed by atoms with Crippen molar-refractivity contribution in [1.82, 2.24) is 8.75 Å². The van der Waals surface area contributed by atoms with Gasteiger partial charge >= 0.3 is 5.97 Å². The summed E-state index contributed by atoms with van der Waals surface area (Å²) in [5, 5.41) is 0. The summed E-state index contributed by atoms with van der Waals surface area (Å²) in [7, 11) is 0. The molecule has 22 heavy (non-hydrogen) atoms. The lowest BCUT2D eigenvalue weighted by Crippen LogP contribution is -2.21. The maximum absolute atomic E-state index is 13.5. The maximum atomic E-state index is 13.5. The predicted molar refractivity (Wildman–Crippen MR) is 75.9 cm³/mol. The number of esters is 1. The Labute approximate surface area is 127 Å². The smallest absolute Gasteiger partial charge is 0.312 e. The summed E-state index contributed by atoms with van der Waals surface area (Å²) in [5.41, 5.74) is 2.52. The molecule has 1 atom stereocenters. The number of hydrogen-bond acceptors (Lipinski definition) is 5. The molecule has 1 aromatic heterocycles. The molecule has 1 aliphatic heterocycles. The molecule has 4 nitrogen and oxygen atoms in total. The first-order chi connectivity index (χ1) is 10.6. The SMILES string of the molecule is O=C1C[C@H](c2ccc(F)c(F)c2)c2c(ccc3nsnc23)O1. The zero-order valence-corrected chi connectivity index (χ0v) is 11.9. The van der Waals surface area contributed by atoms with Crippen LogP contribution in [0, 0.1) is 11.6 Å². The molecule has 0 unspecified atom stereocenters. The molecular formula is C15H8F2N2O2S. The van der Waals surface area contributed by atoms with Crippen LogP contribution < -0.4 is 4.74 Å². The number of hydrogen-bond donors (Lipinski definition) is 0. The Bertz CT molecular complexity index is 910. The van der Waals surface area contributed by atoms with Crippen LogP contribution in [0.15, 0.2) is 30.3 Å². The second kappa shape index (κ2) is 4.81. The molecule has 0 bridgehead atoms. The molecule has 0 saturated heterocycles. The van der Waals surface area contributed by atoms with Crippen LogP contribution >= 0.6 is 11.7 Å². The summed E-state index contributed by atoms with van der Waals surface area (Å²) in [6.45, 7) is 0. The van der Waals surface area contributed by atoms with Crippen LogP contribution in [0.25, 0.3) is 11.0 Å². The van der Waals surface area contributed by atoms with E-state index >= 15 is 0 Å². The van der Waals surface area contributed by atoms with Crippen LogP contribution in [0.5, 0.6) is 5.75 Å². The van der Waals surface area contributed by atoms with E-state index in [0.29, 0.717) is 27.9 Å². The minimum absolute atomic E-state index is 0.0503. The van der Waals surface area contributed by atoms with E-state index in [1.165, 1.54) is 6.07 Å². The van der Waals surface area contributed by atoms with Crippen molar-refractivity contribution in [2.45, 2.75) is 12.3 Å². The van der Waals surface area contributed by atoms with Crippen LogP contribution in [0.4, 0.5) is 8.78 Å². The first-order valence-corrected chi connectivity index (χ1v) is 7.27. The van der Waals surface area contributed by atoms with Gasteiger partial charge in [0.15, 0.2) is 11.6 Å². The molecule has 2 heterocycles. The van der Waals surface area contributed by atoms with E-state index in [4.69, 9.17) is 4.74 Å². The van der Waals surface area contributed by atoms with Gasteiger partial charge in [-0.1, -0.05) is 6.07 Å². The summed E-state index contributed by atoms with van der Waals surface area (Å²) in [4.78, 5) is 11.8. The molecule has 0 amide bonds. The van der Waals surface area contributed by atoms with E-state index in [-0.39, 0.29) is 6.42 Å². The zero-order chi connectivity index (χ0) is 15.3. The molecule has 3 aromatic rings. The van der Waals surface area contributed by atoms with Crippen molar-refractivity contribution in [2.24, 2.45) is 0 Å². The highest BCUT2D eigenvalue weighted by molar-refractivity contribution is 7.00. The average Bonchev–Trinajstić information content (AvgIpc) is 2.97. The molecule has 0 aliphatic carbocycles. The van der Waals surface area contributed by atoms with Crippen molar-refractivity contribution < 1.29 is 18.3 Å². The molecule has 2 aromatic carbocycles. The van der Waals surface area contributed by atoms with Gasteiger partial charge < -0.3 is 4.74 Å². The third-order valence-electron chi connectivity index (χ3n) is 3.72. The predicted octanol–water partition coefficient (Wildman–Crippen LogP) is 3.41. The number of halogens is 2. The van der Waals surface area contributed by atoms with Gasteiger partial charge in [0, 0.05) is 11.5 Å². The Balaban J connectivity index is 1.95. The van der Waals surface area contributed by atoms with Gasteiger partial charge in [0.2, 0.25) is 0 Å². The fourth-order valence-electron chi connectivity index (χ4n) is 2.73. The van der Waals surface area contributed by atoms with Gasteiger partial charge in [-0.2, -0.15) is 8.75 Å². The number of carbonyl (C=O) groups is 1. The standard InChI is InChI=1S/C15H8F2N2O2S/c16-9-2-1-7(5-10(9)17)8-6-13(20)21-12-4-3-11-15(14(8)12)19-22-18-11/h1-5,8H,6H2/t8-/m1/s1. The Morgan fingerprint density at radius 2 is 2.00 bits per heavy atom. The molecule has 0 N–H and O–H groups in total. The van der Waals surface area contributed by atoms with Crippen molar-refractivity contribution in [2.75, 3.05) is 0 Å². The Hall–Kier alpha value is -2.41. The normalized spacial score (nSPS) is 17.4. The van der Waals surface area contributed by atoms with Crippen LogP contribution in [0.1, 0.15) is 23.5 Å². The lowest BCUT2D eigenvalue weighted by Gasteiger charge is -2.25. The fourth-order valence-corrected chi connectivity index (χ4v) is 3.27. The summed E-state index contributed by atoms with van der Waals surface area (Å²) >= 11 is 1.05. The number of ether oxygens (including phenoxy) is 1. The monoisotopic (exact) mass is 318 g/mol. The Morgan fingerprint density at radius 1 is 1.14 bits per heavy atom. The van der Waals surface area contributed by atoms with E-state index in [1.807, 2.05) is 0 Å². The quantitative estimate of drug-likeness (QED) is 0.510. The molecule has 110 valence electrons. The molecule has 0 spiro atoms. The maximum Gasteiger partial charge on any atom is 0.312 e. The van der Waals surface area contributed by atoms with Crippen LogP contribution in [0.3, 0.4) is 0 Å². The molecule has 4 rings (SSSR count). The third-order valence-corrected chi connectivity index (χ3v) is 4.26. The fraction of sp³-hybridized carbons (Fsp3) is 0.133. The van der Waals surface area contributed by atoms with Gasteiger partial charge in [-0.3, -0.25) is 4.79 Å². The lowest BCUT2D eigenvalue weighted by molar-refractivity contribution is -0.135. The molecule has 0 fully saturated rings. The third kappa shape index (κ3) is 1.97. The summed E-state index contributed by atoms with van der Waals surface area (Å²) in [5.74, 6) is -2.31. The van der Waals surface area contributed by atoms with Crippen molar-refractivity contribution in [1.29, 1.82) is 0 Å². The van der Waals surface area contributed by atoms with Gasteiger partial charge in [0.25, 0.3) is 0 Å². The molecule has 0 radical (unpaired) electrons. The van der Waals surface area contributed by atoms with Crippen LogP contribution in [-0.4, -0.2) is 14.7 Å². The second-order valence-corrected chi connectivity index (χ2v) is 5.54. The first-order valence-electron chi connectivity index (χ1n) is 6.54. The highest BCUT2D eigenvalue weighted by Crippen LogP contribution is 2.42. The molecule has 0 saturated carbocycles. The molecule has 7 heteroatoms. The Morgan fingerprint density at radius 3 is 2.82 bits per heavy atom. The number of nitrogens with zero attached hydrogens (tertiary/aromatic N) is 2. The number of carbonyl (C=O) groups excluding carboxylic acids is 1. The van der Waals surface area contributed by atoms with Gasteiger partial charge in [-0.15, -0.1) is 0 Å². The van der Waals surface area contributed by atoms with E-state index in [1.54, 1.807) is 12.1 Å². The van der Waals surface area contributed by atoms with E-state index in [2.05, 4.69) is 8.75 Å².